The number of hydrogen-bond acceptors (Lipinski definition) is 3. The van der Waals surface area contributed by atoms with Crippen molar-refractivity contribution in [1.29, 1.82) is 0 Å². The van der Waals surface area contributed by atoms with E-state index < -0.39 is 0 Å². The van der Waals surface area contributed by atoms with Crippen molar-refractivity contribution in [2.75, 3.05) is 26.8 Å². The summed E-state index contributed by atoms with van der Waals surface area (Å²) in [6.45, 7) is 5.32. The highest BCUT2D eigenvalue weighted by Crippen LogP contribution is 2.05. The fourth-order valence-corrected chi connectivity index (χ4v) is 1.89. The van der Waals surface area contributed by atoms with Crippen molar-refractivity contribution in [2.24, 2.45) is 0 Å². The first kappa shape index (κ1) is 11.0. The summed E-state index contributed by atoms with van der Waals surface area (Å²) in [5, 5.41) is 7.01. The van der Waals surface area contributed by atoms with Gasteiger partial charge in [-0.2, -0.15) is 0 Å². The lowest BCUT2D eigenvalue weighted by Crippen LogP contribution is -2.39. The molecule has 1 fully saturated rings. The van der Waals surface area contributed by atoms with Gasteiger partial charge in [0.25, 0.3) is 0 Å². The first-order valence-electron chi connectivity index (χ1n) is 5.28. The number of rotatable bonds is 4. The van der Waals surface area contributed by atoms with Crippen LogP contribution in [0.2, 0.25) is 0 Å². The molecular formula is C10H22N2O. The maximum absolute atomic E-state index is 5.10. The zero-order valence-corrected chi connectivity index (χ0v) is 8.81. The maximum atomic E-state index is 5.10. The molecule has 0 spiro atoms. The summed E-state index contributed by atoms with van der Waals surface area (Å²) >= 11 is 0. The van der Waals surface area contributed by atoms with E-state index in [1.165, 1.54) is 25.8 Å². The van der Waals surface area contributed by atoms with Gasteiger partial charge in [-0.1, -0.05) is 0 Å². The molecule has 3 heteroatoms. The molecule has 0 aliphatic carbocycles. The van der Waals surface area contributed by atoms with Crippen LogP contribution >= 0.6 is 0 Å². The molecular weight excluding hydrogens is 164 g/mol. The lowest BCUT2D eigenvalue weighted by molar-refractivity contribution is 0.165. The highest BCUT2D eigenvalue weighted by molar-refractivity contribution is 4.75. The van der Waals surface area contributed by atoms with Crippen molar-refractivity contribution in [3.63, 3.8) is 0 Å². The predicted molar refractivity (Wildman–Crippen MR) is 55.0 cm³/mol. The minimum Gasteiger partial charge on any atom is -0.383 e. The molecule has 78 valence electrons. The number of ether oxygens (including phenoxy) is 1. The molecule has 3 nitrogen and oxygen atoms in total. The quantitative estimate of drug-likeness (QED) is 0.680. The van der Waals surface area contributed by atoms with Gasteiger partial charge in [-0.15, -0.1) is 0 Å². The van der Waals surface area contributed by atoms with Crippen LogP contribution in [-0.2, 0) is 4.74 Å². The molecule has 2 unspecified atom stereocenters. The van der Waals surface area contributed by atoms with Crippen LogP contribution < -0.4 is 10.6 Å². The number of nitrogens with one attached hydrogen (secondary N) is 2. The second kappa shape index (κ2) is 6.35. The van der Waals surface area contributed by atoms with Crippen molar-refractivity contribution in [2.45, 2.75) is 38.3 Å². The van der Waals surface area contributed by atoms with E-state index in [-0.39, 0.29) is 0 Å². The van der Waals surface area contributed by atoms with E-state index in [9.17, 15) is 0 Å². The van der Waals surface area contributed by atoms with E-state index >= 15 is 0 Å². The molecule has 1 aliphatic rings. The van der Waals surface area contributed by atoms with Crippen LogP contribution in [0.3, 0.4) is 0 Å². The molecule has 13 heavy (non-hydrogen) atoms. The van der Waals surface area contributed by atoms with Gasteiger partial charge in [-0.25, -0.2) is 0 Å². The predicted octanol–water partition coefficient (Wildman–Crippen LogP) is 0.753. The largest absolute Gasteiger partial charge is 0.383 e. The normalized spacial score (nSPS) is 26.8. The first-order chi connectivity index (χ1) is 6.33. The van der Waals surface area contributed by atoms with E-state index in [0.29, 0.717) is 12.1 Å². The summed E-state index contributed by atoms with van der Waals surface area (Å²) in [4.78, 5) is 0. The Balaban J connectivity index is 2.17. The standard InChI is InChI=1S/C10H22N2O/c1-9(8-13-2)12-10-4-3-6-11-7-5-10/h9-12H,3-8H2,1-2H3. The van der Waals surface area contributed by atoms with Crippen molar-refractivity contribution in [1.82, 2.24) is 10.6 Å². The summed E-state index contributed by atoms with van der Waals surface area (Å²) in [5.41, 5.74) is 0. The topological polar surface area (TPSA) is 33.3 Å². The smallest absolute Gasteiger partial charge is 0.0613 e. The molecule has 0 bridgehead atoms. The highest BCUT2D eigenvalue weighted by atomic mass is 16.5. The van der Waals surface area contributed by atoms with Crippen molar-refractivity contribution >= 4 is 0 Å². The van der Waals surface area contributed by atoms with Crippen LogP contribution in [0.15, 0.2) is 0 Å². The minimum absolute atomic E-state index is 0.480. The summed E-state index contributed by atoms with van der Waals surface area (Å²) in [7, 11) is 1.76. The molecule has 1 saturated heterocycles. The monoisotopic (exact) mass is 186 g/mol. The Kier molecular flexibility index (Phi) is 5.35. The second-order valence-electron chi connectivity index (χ2n) is 3.90. The van der Waals surface area contributed by atoms with Gasteiger partial charge in [0.05, 0.1) is 6.61 Å². The summed E-state index contributed by atoms with van der Waals surface area (Å²) in [6.07, 6.45) is 3.83. The second-order valence-corrected chi connectivity index (χ2v) is 3.90. The van der Waals surface area contributed by atoms with E-state index in [4.69, 9.17) is 4.74 Å². The third-order valence-electron chi connectivity index (χ3n) is 2.51. The van der Waals surface area contributed by atoms with Crippen LogP contribution in [-0.4, -0.2) is 38.9 Å². The number of methoxy groups -OCH3 is 1. The van der Waals surface area contributed by atoms with Crippen LogP contribution in [0.25, 0.3) is 0 Å². The van der Waals surface area contributed by atoms with Crippen molar-refractivity contribution in [3.8, 4) is 0 Å². The molecule has 2 atom stereocenters. The highest BCUT2D eigenvalue weighted by Gasteiger charge is 2.13. The Labute approximate surface area is 81.2 Å². The van der Waals surface area contributed by atoms with Crippen LogP contribution in [0, 0.1) is 0 Å². The van der Waals surface area contributed by atoms with Gasteiger partial charge in [0.15, 0.2) is 0 Å². The van der Waals surface area contributed by atoms with Gasteiger partial charge < -0.3 is 15.4 Å². The van der Waals surface area contributed by atoms with E-state index in [2.05, 4.69) is 17.6 Å². The Morgan fingerprint density at radius 1 is 1.46 bits per heavy atom. The fourth-order valence-electron chi connectivity index (χ4n) is 1.89. The van der Waals surface area contributed by atoms with E-state index in [0.717, 1.165) is 13.2 Å². The average Bonchev–Trinajstić information content (AvgIpc) is 2.33. The fraction of sp³-hybridized carbons (Fsp3) is 1.00. The van der Waals surface area contributed by atoms with Crippen molar-refractivity contribution < 1.29 is 4.74 Å². The molecule has 1 rings (SSSR count). The van der Waals surface area contributed by atoms with Crippen molar-refractivity contribution in [3.05, 3.63) is 0 Å². The molecule has 0 aromatic heterocycles. The molecule has 2 N–H and O–H groups in total. The Morgan fingerprint density at radius 3 is 3.08 bits per heavy atom. The lowest BCUT2D eigenvalue weighted by atomic mass is 10.1. The van der Waals surface area contributed by atoms with E-state index in [1.807, 2.05) is 0 Å². The third kappa shape index (κ3) is 4.60. The zero-order chi connectivity index (χ0) is 9.52. The summed E-state index contributed by atoms with van der Waals surface area (Å²) in [5.74, 6) is 0. The summed E-state index contributed by atoms with van der Waals surface area (Å²) in [6, 6.07) is 1.16. The first-order valence-corrected chi connectivity index (χ1v) is 5.28. The minimum atomic E-state index is 0.480. The van der Waals surface area contributed by atoms with Crippen LogP contribution in [0.4, 0.5) is 0 Å². The van der Waals surface area contributed by atoms with Gasteiger partial charge in [0, 0.05) is 19.2 Å². The number of hydrogen-bond donors (Lipinski definition) is 2. The molecule has 0 radical (unpaired) electrons. The van der Waals surface area contributed by atoms with Gasteiger partial charge in [-0.3, -0.25) is 0 Å². The van der Waals surface area contributed by atoms with Crippen LogP contribution in [0.5, 0.6) is 0 Å². The zero-order valence-electron chi connectivity index (χ0n) is 8.81. The molecule has 1 aliphatic heterocycles. The Morgan fingerprint density at radius 2 is 2.31 bits per heavy atom. The molecule has 0 amide bonds. The van der Waals surface area contributed by atoms with Gasteiger partial charge in [-0.05, 0) is 39.3 Å². The Bertz CT molecular complexity index is 122. The average molecular weight is 186 g/mol. The summed E-state index contributed by atoms with van der Waals surface area (Å²) < 4.78 is 5.10. The SMILES string of the molecule is COCC(C)NC1CCCNCC1. The van der Waals surface area contributed by atoms with E-state index in [1.54, 1.807) is 7.11 Å². The third-order valence-corrected chi connectivity index (χ3v) is 2.51. The molecule has 0 aromatic carbocycles. The van der Waals surface area contributed by atoms with Gasteiger partial charge in [0.2, 0.25) is 0 Å². The maximum Gasteiger partial charge on any atom is 0.0613 e. The van der Waals surface area contributed by atoms with Gasteiger partial charge in [0.1, 0.15) is 0 Å². The Hall–Kier alpha value is -0.120. The lowest BCUT2D eigenvalue weighted by Gasteiger charge is -2.21. The molecule has 0 aromatic rings. The van der Waals surface area contributed by atoms with Crippen LogP contribution in [0.1, 0.15) is 26.2 Å². The van der Waals surface area contributed by atoms with Gasteiger partial charge >= 0.3 is 0 Å². The molecule has 1 heterocycles. The molecule has 0 saturated carbocycles.